The predicted molar refractivity (Wildman–Crippen MR) is 134 cm³/mol. The molecular formula is C30H36N2. The molecule has 0 N–H and O–H groups in total. The van der Waals surface area contributed by atoms with Gasteiger partial charge in [0.15, 0.2) is 0 Å². The standard InChI is InChI=1S/C30H36N2/c1-4-11-25(12-5-1)21-32-23-29(30(24-32)28-15-8-3-9-16-28)22-31-19-10-17-27(18-20-31)26-13-6-2-7-14-26/h1-9,11-16,27,29-30H,10,17-24H2. The zero-order valence-corrected chi connectivity index (χ0v) is 19.2. The van der Waals surface area contributed by atoms with Crippen molar-refractivity contribution in [2.75, 3.05) is 32.7 Å². The van der Waals surface area contributed by atoms with Gasteiger partial charge in [-0.1, -0.05) is 91.0 Å². The summed E-state index contributed by atoms with van der Waals surface area (Å²) in [6, 6.07) is 33.4. The molecule has 2 saturated heterocycles. The van der Waals surface area contributed by atoms with E-state index in [2.05, 4.69) is 101 Å². The van der Waals surface area contributed by atoms with Gasteiger partial charge in [0.25, 0.3) is 0 Å². The fourth-order valence-corrected chi connectivity index (χ4v) is 5.92. The van der Waals surface area contributed by atoms with Gasteiger partial charge >= 0.3 is 0 Å². The van der Waals surface area contributed by atoms with E-state index in [1.165, 1.54) is 68.7 Å². The van der Waals surface area contributed by atoms with Crippen molar-refractivity contribution in [3.05, 3.63) is 108 Å². The molecule has 3 aromatic carbocycles. The molecule has 32 heavy (non-hydrogen) atoms. The van der Waals surface area contributed by atoms with Crippen LogP contribution in [0.2, 0.25) is 0 Å². The number of rotatable bonds is 6. The van der Waals surface area contributed by atoms with Crippen molar-refractivity contribution < 1.29 is 0 Å². The molecule has 2 nitrogen and oxygen atoms in total. The molecule has 0 aliphatic carbocycles. The van der Waals surface area contributed by atoms with E-state index in [1.807, 2.05) is 0 Å². The quantitative estimate of drug-likeness (QED) is 0.467. The Balaban J connectivity index is 1.26. The highest BCUT2D eigenvalue weighted by Crippen LogP contribution is 2.35. The highest BCUT2D eigenvalue weighted by Gasteiger charge is 2.35. The fraction of sp³-hybridized carbons (Fsp3) is 0.400. The first-order valence-electron chi connectivity index (χ1n) is 12.4. The largest absolute Gasteiger partial charge is 0.303 e. The van der Waals surface area contributed by atoms with Gasteiger partial charge in [-0.3, -0.25) is 4.90 Å². The van der Waals surface area contributed by atoms with Gasteiger partial charge < -0.3 is 4.90 Å². The summed E-state index contributed by atoms with van der Waals surface area (Å²) in [6.07, 6.45) is 3.93. The summed E-state index contributed by atoms with van der Waals surface area (Å²) in [6.45, 7) is 7.15. The van der Waals surface area contributed by atoms with Gasteiger partial charge in [0.05, 0.1) is 0 Å². The summed E-state index contributed by atoms with van der Waals surface area (Å²) in [5.41, 5.74) is 4.48. The van der Waals surface area contributed by atoms with E-state index < -0.39 is 0 Å². The van der Waals surface area contributed by atoms with Gasteiger partial charge in [-0.2, -0.15) is 0 Å². The third-order valence-electron chi connectivity index (χ3n) is 7.58. The lowest BCUT2D eigenvalue weighted by molar-refractivity contribution is 0.225. The van der Waals surface area contributed by atoms with Crippen LogP contribution in [0.5, 0.6) is 0 Å². The Bertz CT molecular complexity index is 940. The first kappa shape index (κ1) is 21.4. The maximum Gasteiger partial charge on any atom is 0.0234 e. The maximum atomic E-state index is 2.77. The van der Waals surface area contributed by atoms with Crippen molar-refractivity contribution in [3.8, 4) is 0 Å². The Labute approximate surface area is 193 Å². The molecule has 2 fully saturated rings. The molecule has 166 valence electrons. The van der Waals surface area contributed by atoms with E-state index >= 15 is 0 Å². The van der Waals surface area contributed by atoms with E-state index in [0.717, 1.165) is 12.5 Å². The summed E-state index contributed by atoms with van der Waals surface area (Å²) in [5, 5.41) is 0. The monoisotopic (exact) mass is 424 g/mol. The summed E-state index contributed by atoms with van der Waals surface area (Å²) in [5.74, 6) is 2.06. The van der Waals surface area contributed by atoms with Crippen LogP contribution < -0.4 is 0 Å². The first-order valence-corrected chi connectivity index (χ1v) is 12.4. The summed E-state index contributed by atoms with van der Waals surface area (Å²) >= 11 is 0. The van der Waals surface area contributed by atoms with Crippen LogP contribution in [0.25, 0.3) is 0 Å². The SMILES string of the molecule is c1ccc(CN2CC(CN3CCCC(c4ccccc4)CC3)C(c3ccccc3)C2)cc1. The Hall–Kier alpha value is -2.42. The zero-order valence-electron chi connectivity index (χ0n) is 19.2. The number of likely N-dealkylation sites (tertiary alicyclic amines) is 2. The third kappa shape index (κ3) is 5.31. The molecule has 0 bridgehead atoms. The summed E-state index contributed by atoms with van der Waals surface area (Å²) in [4.78, 5) is 5.46. The average Bonchev–Trinajstić information content (AvgIpc) is 3.08. The molecule has 2 aliphatic heterocycles. The topological polar surface area (TPSA) is 6.48 Å². The molecule has 2 heteroatoms. The number of hydrogen-bond donors (Lipinski definition) is 0. The minimum Gasteiger partial charge on any atom is -0.303 e. The summed E-state index contributed by atoms with van der Waals surface area (Å²) in [7, 11) is 0. The molecule has 2 heterocycles. The van der Waals surface area contributed by atoms with Crippen LogP contribution in [0.1, 0.15) is 47.8 Å². The second kappa shape index (κ2) is 10.5. The van der Waals surface area contributed by atoms with Crippen molar-refractivity contribution in [1.29, 1.82) is 0 Å². The number of hydrogen-bond acceptors (Lipinski definition) is 2. The first-order chi connectivity index (χ1) is 15.8. The minimum atomic E-state index is 0.632. The number of nitrogens with zero attached hydrogens (tertiary/aromatic N) is 2. The second-order valence-electron chi connectivity index (χ2n) is 9.80. The summed E-state index contributed by atoms with van der Waals surface area (Å²) < 4.78 is 0. The molecule has 2 aliphatic rings. The highest BCUT2D eigenvalue weighted by molar-refractivity contribution is 5.24. The van der Waals surface area contributed by atoms with Gasteiger partial charge in [0.1, 0.15) is 0 Å². The van der Waals surface area contributed by atoms with E-state index in [1.54, 1.807) is 0 Å². The van der Waals surface area contributed by atoms with Gasteiger partial charge in [0, 0.05) is 32.1 Å². The maximum absolute atomic E-state index is 2.77. The van der Waals surface area contributed by atoms with Crippen LogP contribution in [-0.4, -0.2) is 42.5 Å². The Morgan fingerprint density at radius 2 is 1.28 bits per heavy atom. The Morgan fingerprint density at radius 3 is 2.00 bits per heavy atom. The van der Waals surface area contributed by atoms with Crippen molar-refractivity contribution in [3.63, 3.8) is 0 Å². The minimum absolute atomic E-state index is 0.632. The van der Waals surface area contributed by atoms with Crippen molar-refractivity contribution in [1.82, 2.24) is 9.80 Å². The van der Waals surface area contributed by atoms with Crippen LogP contribution in [0.4, 0.5) is 0 Å². The van der Waals surface area contributed by atoms with E-state index in [4.69, 9.17) is 0 Å². The molecule has 0 saturated carbocycles. The zero-order chi connectivity index (χ0) is 21.6. The normalized spacial score (nSPS) is 24.9. The van der Waals surface area contributed by atoms with Crippen LogP contribution >= 0.6 is 0 Å². The van der Waals surface area contributed by atoms with Gasteiger partial charge in [-0.05, 0) is 60.9 Å². The molecule has 0 amide bonds. The van der Waals surface area contributed by atoms with Crippen LogP contribution in [0, 0.1) is 5.92 Å². The van der Waals surface area contributed by atoms with Crippen molar-refractivity contribution >= 4 is 0 Å². The van der Waals surface area contributed by atoms with E-state index in [9.17, 15) is 0 Å². The second-order valence-corrected chi connectivity index (χ2v) is 9.80. The van der Waals surface area contributed by atoms with E-state index in [-0.39, 0.29) is 0 Å². The lowest BCUT2D eigenvalue weighted by Crippen LogP contribution is -2.33. The van der Waals surface area contributed by atoms with Crippen molar-refractivity contribution in [2.24, 2.45) is 5.92 Å². The molecule has 0 aromatic heterocycles. The molecule has 0 radical (unpaired) electrons. The molecule has 0 spiro atoms. The average molecular weight is 425 g/mol. The third-order valence-corrected chi connectivity index (χ3v) is 7.58. The molecule has 5 rings (SSSR count). The fourth-order valence-electron chi connectivity index (χ4n) is 5.92. The smallest absolute Gasteiger partial charge is 0.0234 e. The Kier molecular flexibility index (Phi) is 7.01. The highest BCUT2D eigenvalue weighted by atomic mass is 15.2. The van der Waals surface area contributed by atoms with Crippen LogP contribution in [0.15, 0.2) is 91.0 Å². The Morgan fingerprint density at radius 1 is 0.625 bits per heavy atom. The van der Waals surface area contributed by atoms with Gasteiger partial charge in [-0.15, -0.1) is 0 Å². The lowest BCUT2D eigenvalue weighted by Gasteiger charge is -2.27. The van der Waals surface area contributed by atoms with Crippen LogP contribution in [-0.2, 0) is 6.54 Å². The number of benzene rings is 3. The molecule has 3 atom stereocenters. The predicted octanol–water partition coefficient (Wildman–Crippen LogP) is 6.17. The van der Waals surface area contributed by atoms with E-state index in [0.29, 0.717) is 11.8 Å². The molecule has 3 unspecified atom stereocenters. The lowest BCUT2D eigenvalue weighted by atomic mass is 9.88. The van der Waals surface area contributed by atoms with Gasteiger partial charge in [0.2, 0.25) is 0 Å². The molecule has 3 aromatic rings. The van der Waals surface area contributed by atoms with Gasteiger partial charge in [-0.25, -0.2) is 0 Å². The van der Waals surface area contributed by atoms with Crippen LogP contribution in [0.3, 0.4) is 0 Å². The van der Waals surface area contributed by atoms with Crippen molar-refractivity contribution in [2.45, 2.75) is 37.6 Å². The molecular weight excluding hydrogens is 388 g/mol.